The molecule has 0 bridgehead atoms. The molecule has 9 nitrogen and oxygen atoms in total. The van der Waals surface area contributed by atoms with E-state index in [1.165, 1.54) is 24.5 Å². The fourth-order valence-electron chi connectivity index (χ4n) is 2.84. The Kier molecular flexibility index (Phi) is 6.41. The van der Waals surface area contributed by atoms with Crippen LogP contribution in [0.3, 0.4) is 0 Å². The zero-order chi connectivity index (χ0) is 21.7. The highest BCUT2D eigenvalue weighted by molar-refractivity contribution is 6.05. The Balaban J connectivity index is 1.87. The zero-order valence-electron chi connectivity index (χ0n) is 16.5. The van der Waals surface area contributed by atoms with E-state index in [0.717, 1.165) is 0 Å². The number of hydrogen-bond acceptors (Lipinski definition) is 7. The molecule has 1 aromatic carbocycles. The Morgan fingerprint density at radius 3 is 2.60 bits per heavy atom. The maximum absolute atomic E-state index is 12.8. The van der Waals surface area contributed by atoms with Gasteiger partial charge in [-0.2, -0.15) is 0 Å². The molecule has 0 fully saturated rings. The van der Waals surface area contributed by atoms with Crippen LogP contribution in [-0.2, 0) is 9.59 Å². The molecule has 0 aliphatic carbocycles. The maximum Gasteiger partial charge on any atom is 0.291 e. The molecule has 1 aliphatic rings. The van der Waals surface area contributed by atoms with E-state index >= 15 is 0 Å². The number of carboxylic acid groups (broad SMARTS) is 1. The summed E-state index contributed by atoms with van der Waals surface area (Å²) in [5.41, 5.74) is 0.378. The smallest absolute Gasteiger partial charge is 0.291 e. The molecule has 30 heavy (non-hydrogen) atoms. The molecule has 0 spiro atoms. The fraction of sp³-hybridized carbons (Fsp3) is 0.286. The number of carbonyl (C=O) groups is 3. The highest BCUT2D eigenvalue weighted by Gasteiger charge is 2.21. The summed E-state index contributed by atoms with van der Waals surface area (Å²) < 4.78 is 15.6. The highest BCUT2D eigenvalue weighted by atomic mass is 16.7. The molecule has 158 valence electrons. The molecule has 3 rings (SSSR count). The van der Waals surface area contributed by atoms with Crippen LogP contribution in [0.1, 0.15) is 36.4 Å². The van der Waals surface area contributed by atoms with Gasteiger partial charge in [0, 0.05) is 0 Å². The van der Waals surface area contributed by atoms with Crippen LogP contribution in [0, 0.1) is 5.92 Å². The Morgan fingerprint density at radius 1 is 1.17 bits per heavy atom. The van der Waals surface area contributed by atoms with Crippen LogP contribution < -0.4 is 25.2 Å². The third-order valence-corrected chi connectivity index (χ3v) is 4.24. The molecule has 0 unspecified atom stereocenters. The predicted molar refractivity (Wildman–Crippen MR) is 103 cm³/mol. The van der Waals surface area contributed by atoms with Crippen molar-refractivity contribution in [2.45, 2.75) is 26.3 Å². The van der Waals surface area contributed by atoms with E-state index in [4.69, 9.17) is 13.9 Å². The van der Waals surface area contributed by atoms with Gasteiger partial charge in [-0.15, -0.1) is 0 Å². The lowest BCUT2D eigenvalue weighted by Gasteiger charge is -2.22. The summed E-state index contributed by atoms with van der Waals surface area (Å²) in [5.74, 6) is -1.78. The second-order valence-corrected chi connectivity index (χ2v) is 7.08. The Bertz CT molecular complexity index is 964. The summed E-state index contributed by atoms with van der Waals surface area (Å²) in [6.07, 6.45) is 2.91. The van der Waals surface area contributed by atoms with Gasteiger partial charge in [-0.1, -0.05) is 19.9 Å². The van der Waals surface area contributed by atoms with Gasteiger partial charge in [-0.05, 0) is 48.2 Å². The first-order valence-electron chi connectivity index (χ1n) is 9.31. The summed E-state index contributed by atoms with van der Waals surface area (Å²) in [5, 5.41) is 16.3. The number of ether oxygens (including phenoxy) is 2. The molecule has 1 aromatic heterocycles. The number of rotatable bonds is 8. The van der Waals surface area contributed by atoms with Gasteiger partial charge in [0.05, 0.1) is 18.3 Å². The molecule has 2 amide bonds. The second kappa shape index (κ2) is 9.17. The van der Waals surface area contributed by atoms with Crippen molar-refractivity contribution in [3.63, 3.8) is 0 Å². The van der Waals surface area contributed by atoms with Crippen LogP contribution >= 0.6 is 0 Å². The molecule has 1 aliphatic heterocycles. The Morgan fingerprint density at radius 2 is 1.93 bits per heavy atom. The molecule has 9 heteroatoms. The quantitative estimate of drug-likeness (QED) is 0.619. The van der Waals surface area contributed by atoms with Crippen LogP contribution in [0.15, 0.2) is 46.7 Å². The van der Waals surface area contributed by atoms with Gasteiger partial charge in [0.25, 0.3) is 11.8 Å². The lowest BCUT2D eigenvalue weighted by Crippen LogP contribution is -2.50. The molecule has 2 aromatic rings. The SMILES string of the molecule is CC(C)C[C@H](NC(=O)/C(=C/c1ccc2c(c1)OCO2)NC(=O)c1ccco1)C(=O)[O-]. The van der Waals surface area contributed by atoms with Crippen molar-refractivity contribution in [2.75, 3.05) is 6.79 Å². The average molecular weight is 413 g/mol. The third-order valence-electron chi connectivity index (χ3n) is 4.24. The van der Waals surface area contributed by atoms with Gasteiger partial charge in [0.15, 0.2) is 17.3 Å². The van der Waals surface area contributed by atoms with E-state index in [2.05, 4.69) is 10.6 Å². The summed E-state index contributed by atoms with van der Waals surface area (Å²) in [6.45, 7) is 3.74. The summed E-state index contributed by atoms with van der Waals surface area (Å²) in [7, 11) is 0. The molecule has 1 atom stereocenters. The van der Waals surface area contributed by atoms with Crippen molar-refractivity contribution in [1.82, 2.24) is 10.6 Å². The number of hydrogen-bond donors (Lipinski definition) is 2. The number of carbonyl (C=O) groups excluding carboxylic acids is 3. The molecule has 0 saturated carbocycles. The minimum absolute atomic E-state index is 0.00183. The van der Waals surface area contributed by atoms with Crippen molar-refractivity contribution >= 4 is 23.9 Å². The van der Waals surface area contributed by atoms with Crippen LogP contribution in [-0.4, -0.2) is 30.6 Å². The van der Waals surface area contributed by atoms with Crippen molar-refractivity contribution in [1.29, 1.82) is 0 Å². The minimum atomic E-state index is -1.41. The van der Waals surface area contributed by atoms with Gasteiger partial charge < -0.3 is 34.4 Å². The van der Waals surface area contributed by atoms with E-state index < -0.39 is 23.8 Å². The van der Waals surface area contributed by atoms with Gasteiger partial charge in [0.2, 0.25) is 6.79 Å². The number of benzene rings is 1. The fourth-order valence-corrected chi connectivity index (χ4v) is 2.84. The number of aliphatic carboxylic acids is 1. The second-order valence-electron chi connectivity index (χ2n) is 7.08. The first kappa shape index (κ1) is 21.0. The minimum Gasteiger partial charge on any atom is -0.548 e. The topological polar surface area (TPSA) is 130 Å². The summed E-state index contributed by atoms with van der Waals surface area (Å²) in [6, 6.07) is 6.74. The van der Waals surface area contributed by atoms with E-state index in [9.17, 15) is 19.5 Å². The molecular formula is C21H21N2O7-. The monoisotopic (exact) mass is 413 g/mol. The van der Waals surface area contributed by atoms with Gasteiger partial charge in [-0.3, -0.25) is 9.59 Å². The zero-order valence-corrected chi connectivity index (χ0v) is 16.5. The summed E-state index contributed by atoms with van der Waals surface area (Å²) >= 11 is 0. The number of furan rings is 1. The number of fused-ring (bicyclic) bond motifs is 1. The highest BCUT2D eigenvalue weighted by Crippen LogP contribution is 2.33. The lowest BCUT2D eigenvalue weighted by atomic mass is 10.0. The van der Waals surface area contributed by atoms with Gasteiger partial charge in [-0.25, -0.2) is 0 Å². The largest absolute Gasteiger partial charge is 0.548 e. The Labute approximate surface area is 172 Å². The average Bonchev–Trinajstić information content (AvgIpc) is 3.37. The normalized spacial score (nSPS) is 13.8. The number of nitrogens with one attached hydrogen (secondary N) is 2. The molecule has 2 heterocycles. The molecule has 0 radical (unpaired) electrons. The first-order valence-corrected chi connectivity index (χ1v) is 9.31. The Hall–Kier alpha value is -3.75. The van der Waals surface area contributed by atoms with Crippen LogP contribution in [0.2, 0.25) is 0 Å². The third kappa shape index (κ3) is 5.19. The van der Waals surface area contributed by atoms with E-state index in [1.54, 1.807) is 18.2 Å². The van der Waals surface area contributed by atoms with Gasteiger partial charge in [0.1, 0.15) is 5.70 Å². The van der Waals surface area contributed by atoms with Crippen LogP contribution in [0.5, 0.6) is 11.5 Å². The van der Waals surface area contributed by atoms with E-state index in [1.807, 2.05) is 13.8 Å². The number of carboxylic acids is 1. The molecular weight excluding hydrogens is 392 g/mol. The predicted octanol–water partition coefficient (Wildman–Crippen LogP) is 1.06. The first-order chi connectivity index (χ1) is 14.3. The van der Waals surface area contributed by atoms with Crippen LogP contribution in [0.4, 0.5) is 0 Å². The van der Waals surface area contributed by atoms with Crippen molar-refractivity contribution < 1.29 is 33.4 Å². The molecule has 0 saturated heterocycles. The summed E-state index contributed by atoms with van der Waals surface area (Å²) in [4.78, 5) is 36.6. The van der Waals surface area contributed by atoms with E-state index in [0.29, 0.717) is 17.1 Å². The van der Waals surface area contributed by atoms with E-state index in [-0.39, 0.29) is 30.6 Å². The lowest BCUT2D eigenvalue weighted by molar-refractivity contribution is -0.308. The van der Waals surface area contributed by atoms with Gasteiger partial charge >= 0.3 is 0 Å². The molecule has 2 N–H and O–H groups in total. The van der Waals surface area contributed by atoms with Crippen molar-refractivity contribution in [3.8, 4) is 11.5 Å². The number of amides is 2. The van der Waals surface area contributed by atoms with Crippen molar-refractivity contribution in [3.05, 3.63) is 53.6 Å². The standard InChI is InChI=1S/C21H22N2O7/c1-12(2)8-15(21(26)27)23-19(24)14(22-20(25)17-4-3-7-28-17)9-13-5-6-16-18(10-13)30-11-29-16/h3-7,9-10,12,15H,8,11H2,1-2H3,(H,22,25)(H,23,24)(H,26,27)/p-1/b14-9-/t15-/m0/s1. The van der Waals surface area contributed by atoms with Crippen molar-refractivity contribution in [2.24, 2.45) is 5.92 Å². The maximum atomic E-state index is 12.8. The van der Waals surface area contributed by atoms with Crippen LogP contribution in [0.25, 0.3) is 6.08 Å².